The Morgan fingerprint density at radius 3 is 2.23 bits per heavy atom. The maximum atomic E-state index is 12.1. The van der Waals surface area contributed by atoms with Gasteiger partial charge in [-0.05, 0) is 32.9 Å². The van der Waals surface area contributed by atoms with Crippen LogP contribution in [0.4, 0.5) is 16.2 Å². The number of amides is 1. The van der Waals surface area contributed by atoms with Crippen molar-refractivity contribution in [1.29, 1.82) is 0 Å². The summed E-state index contributed by atoms with van der Waals surface area (Å²) in [5.74, 6) is 0. The van der Waals surface area contributed by atoms with E-state index < -0.39 is 32.1 Å². The van der Waals surface area contributed by atoms with Crippen molar-refractivity contribution in [3.05, 3.63) is 28.3 Å². The highest BCUT2D eigenvalue weighted by molar-refractivity contribution is 7.90. The Labute approximate surface area is 152 Å². The number of nitrogens with zero attached hydrogens (tertiary/aromatic N) is 3. The van der Waals surface area contributed by atoms with Gasteiger partial charge >= 0.3 is 6.09 Å². The first kappa shape index (κ1) is 20.0. The van der Waals surface area contributed by atoms with E-state index in [4.69, 9.17) is 4.74 Å². The van der Waals surface area contributed by atoms with Gasteiger partial charge in [-0.15, -0.1) is 0 Å². The van der Waals surface area contributed by atoms with Crippen LogP contribution in [0.1, 0.15) is 20.8 Å². The Hall–Kier alpha value is -2.36. The van der Waals surface area contributed by atoms with E-state index in [1.54, 1.807) is 31.7 Å². The molecule has 10 heteroatoms. The molecule has 1 aliphatic heterocycles. The number of piperazine rings is 1. The van der Waals surface area contributed by atoms with Crippen LogP contribution >= 0.6 is 0 Å². The summed E-state index contributed by atoms with van der Waals surface area (Å²) in [5.41, 5.74) is -0.469. The third-order valence-corrected chi connectivity index (χ3v) is 4.98. The summed E-state index contributed by atoms with van der Waals surface area (Å²) in [6.07, 6.45) is 0.546. The number of hydrogen-bond acceptors (Lipinski definition) is 7. The first-order valence-corrected chi connectivity index (χ1v) is 9.99. The van der Waals surface area contributed by atoms with Gasteiger partial charge in [0.25, 0.3) is 5.69 Å². The summed E-state index contributed by atoms with van der Waals surface area (Å²) < 4.78 is 28.7. The summed E-state index contributed by atoms with van der Waals surface area (Å²) in [4.78, 5) is 25.8. The molecule has 144 valence electrons. The van der Waals surface area contributed by atoms with E-state index in [9.17, 15) is 23.3 Å². The molecular weight excluding hydrogens is 362 g/mol. The quantitative estimate of drug-likeness (QED) is 0.578. The SMILES string of the molecule is CC(C)(C)OC(=O)N1CCN(c2ccc(S(C)(=O)=O)c([N+](=O)[O-])c2)CC1. The minimum atomic E-state index is -3.69. The van der Waals surface area contributed by atoms with Crippen LogP contribution in [0.15, 0.2) is 23.1 Å². The molecule has 1 fully saturated rings. The van der Waals surface area contributed by atoms with Gasteiger partial charge in [0.1, 0.15) is 10.5 Å². The van der Waals surface area contributed by atoms with Crippen molar-refractivity contribution in [2.45, 2.75) is 31.3 Å². The zero-order chi connectivity index (χ0) is 19.7. The van der Waals surface area contributed by atoms with Crippen molar-refractivity contribution >= 4 is 27.3 Å². The van der Waals surface area contributed by atoms with Gasteiger partial charge in [-0.2, -0.15) is 0 Å². The number of anilines is 1. The first-order chi connectivity index (χ1) is 11.9. The van der Waals surface area contributed by atoms with Crippen molar-refractivity contribution in [2.24, 2.45) is 0 Å². The number of nitro benzene ring substituents is 1. The minimum Gasteiger partial charge on any atom is -0.444 e. The predicted octanol–water partition coefficient (Wildman–Crippen LogP) is 2.06. The lowest BCUT2D eigenvalue weighted by atomic mass is 10.2. The molecule has 1 aromatic rings. The van der Waals surface area contributed by atoms with Crippen LogP contribution in [-0.2, 0) is 14.6 Å². The van der Waals surface area contributed by atoms with Crippen molar-refractivity contribution < 1.29 is 22.9 Å². The fraction of sp³-hybridized carbons (Fsp3) is 0.562. The Bertz CT molecular complexity index is 808. The molecule has 0 aromatic heterocycles. The highest BCUT2D eigenvalue weighted by Crippen LogP contribution is 2.29. The second kappa shape index (κ2) is 7.10. The molecule has 1 saturated heterocycles. The molecule has 1 amide bonds. The Balaban J connectivity index is 2.14. The lowest BCUT2D eigenvalue weighted by Crippen LogP contribution is -2.50. The van der Waals surface area contributed by atoms with Crippen LogP contribution in [0.5, 0.6) is 0 Å². The molecule has 0 spiro atoms. The van der Waals surface area contributed by atoms with Crippen LogP contribution in [0.25, 0.3) is 0 Å². The fourth-order valence-corrected chi connectivity index (χ4v) is 3.46. The average Bonchev–Trinajstić information content (AvgIpc) is 2.52. The van der Waals surface area contributed by atoms with Crippen LogP contribution in [0.2, 0.25) is 0 Å². The zero-order valence-corrected chi connectivity index (χ0v) is 16.1. The summed E-state index contributed by atoms with van der Waals surface area (Å²) >= 11 is 0. The lowest BCUT2D eigenvalue weighted by molar-refractivity contribution is -0.387. The number of benzene rings is 1. The molecule has 0 radical (unpaired) electrons. The maximum Gasteiger partial charge on any atom is 0.410 e. The molecule has 26 heavy (non-hydrogen) atoms. The van der Waals surface area contributed by atoms with Gasteiger partial charge in [0, 0.05) is 44.2 Å². The van der Waals surface area contributed by atoms with E-state index >= 15 is 0 Å². The minimum absolute atomic E-state index is 0.307. The van der Waals surface area contributed by atoms with E-state index in [1.165, 1.54) is 12.1 Å². The topological polar surface area (TPSA) is 110 Å². The van der Waals surface area contributed by atoms with Crippen LogP contribution in [0, 0.1) is 10.1 Å². The summed E-state index contributed by atoms with van der Waals surface area (Å²) in [5, 5.41) is 11.2. The molecule has 0 unspecified atom stereocenters. The number of rotatable bonds is 3. The monoisotopic (exact) mass is 385 g/mol. The van der Waals surface area contributed by atoms with E-state index in [-0.39, 0.29) is 4.90 Å². The largest absolute Gasteiger partial charge is 0.444 e. The van der Waals surface area contributed by atoms with E-state index in [1.807, 2.05) is 4.90 Å². The molecule has 1 heterocycles. The number of ether oxygens (including phenoxy) is 1. The maximum absolute atomic E-state index is 12.1. The van der Waals surface area contributed by atoms with Gasteiger partial charge in [0.15, 0.2) is 9.84 Å². The van der Waals surface area contributed by atoms with E-state index in [2.05, 4.69) is 0 Å². The molecule has 0 saturated carbocycles. The Kier molecular flexibility index (Phi) is 5.45. The summed E-state index contributed by atoms with van der Waals surface area (Å²) in [7, 11) is -3.69. The molecule has 0 N–H and O–H groups in total. The van der Waals surface area contributed by atoms with Gasteiger partial charge in [0.2, 0.25) is 0 Å². The predicted molar refractivity (Wildman–Crippen MR) is 96.2 cm³/mol. The Morgan fingerprint density at radius 2 is 1.77 bits per heavy atom. The van der Waals surface area contributed by atoms with Crippen molar-refractivity contribution in [3.8, 4) is 0 Å². The molecule has 0 bridgehead atoms. The zero-order valence-electron chi connectivity index (χ0n) is 15.3. The first-order valence-electron chi connectivity index (χ1n) is 8.10. The standard InChI is InChI=1S/C16H23N3O6S/c1-16(2,3)25-15(20)18-9-7-17(8-10-18)12-5-6-14(26(4,23)24)13(11-12)19(21)22/h5-6,11H,7-10H2,1-4H3. The summed E-state index contributed by atoms with van der Waals surface area (Å²) in [6.45, 7) is 7.15. The molecule has 9 nitrogen and oxygen atoms in total. The number of sulfone groups is 1. The molecule has 2 rings (SSSR count). The third kappa shape index (κ3) is 4.84. The number of nitro groups is 1. The van der Waals surface area contributed by atoms with Gasteiger partial charge in [-0.3, -0.25) is 10.1 Å². The smallest absolute Gasteiger partial charge is 0.410 e. The number of hydrogen-bond donors (Lipinski definition) is 0. The molecular formula is C16H23N3O6S. The molecule has 0 aliphatic carbocycles. The van der Waals surface area contributed by atoms with Crippen LogP contribution in [0.3, 0.4) is 0 Å². The molecule has 0 atom stereocenters. The highest BCUT2D eigenvalue weighted by Gasteiger charge is 2.28. The van der Waals surface area contributed by atoms with Gasteiger partial charge in [0.05, 0.1) is 4.92 Å². The molecule has 1 aromatic carbocycles. The van der Waals surface area contributed by atoms with E-state index in [0.29, 0.717) is 31.9 Å². The average molecular weight is 385 g/mol. The van der Waals surface area contributed by atoms with Crippen molar-refractivity contribution in [2.75, 3.05) is 37.3 Å². The van der Waals surface area contributed by atoms with Gasteiger partial charge in [-0.1, -0.05) is 0 Å². The number of carbonyl (C=O) groups is 1. The van der Waals surface area contributed by atoms with Crippen LogP contribution < -0.4 is 4.90 Å². The van der Waals surface area contributed by atoms with Gasteiger partial charge in [-0.25, -0.2) is 13.2 Å². The second-order valence-electron chi connectivity index (χ2n) is 7.14. The summed E-state index contributed by atoms with van der Waals surface area (Å²) in [6, 6.07) is 4.06. The van der Waals surface area contributed by atoms with Crippen molar-refractivity contribution in [3.63, 3.8) is 0 Å². The fourth-order valence-electron chi connectivity index (χ4n) is 2.63. The lowest BCUT2D eigenvalue weighted by Gasteiger charge is -2.36. The van der Waals surface area contributed by atoms with E-state index in [0.717, 1.165) is 6.26 Å². The highest BCUT2D eigenvalue weighted by atomic mass is 32.2. The second-order valence-corrected chi connectivity index (χ2v) is 9.12. The third-order valence-electron chi connectivity index (χ3n) is 3.84. The molecule has 1 aliphatic rings. The van der Waals surface area contributed by atoms with Crippen LogP contribution in [-0.4, -0.2) is 62.4 Å². The van der Waals surface area contributed by atoms with Crippen molar-refractivity contribution in [1.82, 2.24) is 4.90 Å². The number of carbonyl (C=O) groups excluding carboxylic acids is 1. The van der Waals surface area contributed by atoms with Gasteiger partial charge < -0.3 is 14.5 Å². The Morgan fingerprint density at radius 1 is 1.19 bits per heavy atom. The normalized spacial score (nSPS) is 15.7.